The Hall–Kier alpha value is -1.59. The van der Waals surface area contributed by atoms with Crippen LogP contribution in [-0.4, -0.2) is 37.2 Å². The first-order chi connectivity index (χ1) is 28.9. The molecule has 0 aromatic carbocycles. The van der Waals surface area contributed by atoms with Crippen LogP contribution >= 0.6 is 0 Å². The first-order valence-corrected chi connectivity index (χ1v) is 26.4. The third-order valence-electron chi connectivity index (χ3n) is 12.0. The van der Waals surface area contributed by atoms with E-state index in [4.69, 9.17) is 14.2 Å². The molecule has 0 aromatic rings. The van der Waals surface area contributed by atoms with Crippen LogP contribution in [0.2, 0.25) is 0 Å². The molecular weight excluding hydrogens is 733 g/mol. The van der Waals surface area contributed by atoms with Crippen LogP contribution in [-0.2, 0) is 28.6 Å². The average molecular weight is 835 g/mol. The van der Waals surface area contributed by atoms with Crippen molar-refractivity contribution in [3.8, 4) is 0 Å². The molecule has 0 amide bonds. The molecule has 0 saturated heterocycles. The summed E-state index contributed by atoms with van der Waals surface area (Å²) in [5, 5.41) is 0. The van der Waals surface area contributed by atoms with Crippen molar-refractivity contribution < 1.29 is 28.6 Å². The molecule has 350 valence electrons. The van der Waals surface area contributed by atoms with Crippen molar-refractivity contribution in [1.29, 1.82) is 0 Å². The Morgan fingerprint density at radius 1 is 0.322 bits per heavy atom. The average Bonchev–Trinajstić information content (AvgIpc) is 3.22. The van der Waals surface area contributed by atoms with Crippen molar-refractivity contribution in [2.75, 3.05) is 13.2 Å². The van der Waals surface area contributed by atoms with Gasteiger partial charge in [-0.15, -0.1) is 0 Å². The standard InChI is InChI=1S/C53H102O6/c1-5-7-9-11-13-15-17-18-19-20-21-22-23-25-28-32-36-40-44-51(54)57-47-50(59-53(56)46-42-38-34-29-24-16-14-12-10-8-6-2)48-58-52(55)45-41-37-33-30-26-27-31-35-39-43-49(3)4/h49-50H,5-48H2,1-4H3/t50-/m0/s1. The van der Waals surface area contributed by atoms with Crippen LogP contribution < -0.4 is 0 Å². The summed E-state index contributed by atoms with van der Waals surface area (Å²) in [7, 11) is 0. The molecule has 0 N–H and O–H groups in total. The summed E-state index contributed by atoms with van der Waals surface area (Å²) in [6, 6.07) is 0. The van der Waals surface area contributed by atoms with Gasteiger partial charge in [-0.1, -0.05) is 259 Å². The van der Waals surface area contributed by atoms with E-state index in [0.29, 0.717) is 19.3 Å². The molecule has 0 aliphatic rings. The summed E-state index contributed by atoms with van der Waals surface area (Å²) in [6.07, 6.45) is 49.5. The number of ether oxygens (including phenoxy) is 3. The van der Waals surface area contributed by atoms with Crippen molar-refractivity contribution in [3.63, 3.8) is 0 Å². The highest BCUT2D eigenvalue weighted by atomic mass is 16.6. The molecule has 0 unspecified atom stereocenters. The lowest BCUT2D eigenvalue weighted by Crippen LogP contribution is -2.30. The molecule has 0 aromatic heterocycles. The van der Waals surface area contributed by atoms with Gasteiger partial charge in [0.1, 0.15) is 13.2 Å². The summed E-state index contributed by atoms with van der Waals surface area (Å²) in [5.41, 5.74) is 0. The van der Waals surface area contributed by atoms with E-state index in [1.54, 1.807) is 0 Å². The number of unbranched alkanes of at least 4 members (excludes halogenated alkanes) is 35. The van der Waals surface area contributed by atoms with E-state index in [0.717, 1.165) is 63.7 Å². The SMILES string of the molecule is CCCCCCCCCCCCCCCCCCCCC(=O)OC[C@@H](COC(=O)CCCCCCCCCCCC(C)C)OC(=O)CCCCCCCCCCCCC. The molecular formula is C53H102O6. The van der Waals surface area contributed by atoms with Gasteiger partial charge in [0.2, 0.25) is 0 Å². The quantitative estimate of drug-likeness (QED) is 0.0345. The van der Waals surface area contributed by atoms with E-state index in [1.165, 1.54) is 193 Å². The second-order valence-electron chi connectivity index (χ2n) is 18.6. The third-order valence-corrected chi connectivity index (χ3v) is 12.0. The van der Waals surface area contributed by atoms with Crippen LogP contribution in [0.5, 0.6) is 0 Å². The zero-order valence-corrected chi connectivity index (χ0v) is 40.2. The number of carbonyl (C=O) groups excluding carboxylic acids is 3. The van der Waals surface area contributed by atoms with Gasteiger partial charge in [-0.25, -0.2) is 0 Å². The summed E-state index contributed by atoms with van der Waals surface area (Å²) < 4.78 is 16.8. The maximum Gasteiger partial charge on any atom is 0.306 e. The van der Waals surface area contributed by atoms with Crippen molar-refractivity contribution in [1.82, 2.24) is 0 Å². The molecule has 0 aliphatic carbocycles. The van der Waals surface area contributed by atoms with E-state index < -0.39 is 6.10 Å². The fourth-order valence-corrected chi connectivity index (χ4v) is 8.04. The van der Waals surface area contributed by atoms with Crippen LogP contribution in [0.4, 0.5) is 0 Å². The van der Waals surface area contributed by atoms with Gasteiger partial charge in [0, 0.05) is 19.3 Å². The van der Waals surface area contributed by atoms with Gasteiger partial charge < -0.3 is 14.2 Å². The Morgan fingerprint density at radius 3 is 0.831 bits per heavy atom. The number of hydrogen-bond donors (Lipinski definition) is 0. The van der Waals surface area contributed by atoms with E-state index >= 15 is 0 Å². The minimum Gasteiger partial charge on any atom is -0.462 e. The predicted octanol–water partition coefficient (Wildman–Crippen LogP) is 17.1. The Labute approximate surface area is 368 Å². The van der Waals surface area contributed by atoms with E-state index in [-0.39, 0.29) is 31.1 Å². The highest BCUT2D eigenvalue weighted by Crippen LogP contribution is 2.17. The van der Waals surface area contributed by atoms with Gasteiger partial charge in [-0.3, -0.25) is 14.4 Å². The fourth-order valence-electron chi connectivity index (χ4n) is 8.04. The van der Waals surface area contributed by atoms with Crippen LogP contribution in [0.25, 0.3) is 0 Å². The normalized spacial score (nSPS) is 11.9. The van der Waals surface area contributed by atoms with Gasteiger partial charge in [0.15, 0.2) is 6.10 Å². The van der Waals surface area contributed by atoms with Crippen molar-refractivity contribution in [2.45, 2.75) is 303 Å². The van der Waals surface area contributed by atoms with Crippen molar-refractivity contribution in [3.05, 3.63) is 0 Å². The summed E-state index contributed by atoms with van der Waals surface area (Å²) in [4.78, 5) is 37.9. The smallest absolute Gasteiger partial charge is 0.306 e. The van der Waals surface area contributed by atoms with E-state index in [1.807, 2.05) is 0 Å². The molecule has 6 heteroatoms. The number of rotatable bonds is 48. The van der Waals surface area contributed by atoms with Crippen LogP contribution in [0, 0.1) is 5.92 Å². The van der Waals surface area contributed by atoms with Gasteiger partial charge in [0.25, 0.3) is 0 Å². The molecule has 59 heavy (non-hydrogen) atoms. The van der Waals surface area contributed by atoms with Crippen LogP contribution in [0.15, 0.2) is 0 Å². The second kappa shape index (κ2) is 47.5. The van der Waals surface area contributed by atoms with Crippen molar-refractivity contribution in [2.24, 2.45) is 5.92 Å². The van der Waals surface area contributed by atoms with Crippen LogP contribution in [0.3, 0.4) is 0 Å². The van der Waals surface area contributed by atoms with Crippen molar-refractivity contribution >= 4 is 17.9 Å². The molecule has 0 radical (unpaired) electrons. The Kier molecular flexibility index (Phi) is 46.2. The maximum atomic E-state index is 12.8. The monoisotopic (exact) mass is 835 g/mol. The first-order valence-electron chi connectivity index (χ1n) is 26.4. The Balaban J connectivity index is 4.25. The minimum absolute atomic E-state index is 0.0629. The van der Waals surface area contributed by atoms with E-state index in [2.05, 4.69) is 27.7 Å². The molecule has 0 heterocycles. The maximum absolute atomic E-state index is 12.8. The molecule has 0 saturated carbocycles. The lowest BCUT2D eigenvalue weighted by Gasteiger charge is -2.18. The first kappa shape index (κ1) is 57.4. The third kappa shape index (κ3) is 47.3. The summed E-state index contributed by atoms with van der Waals surface area (Å²) in [5.74, 6) is -0.0368. The van der Waals surface area contributed by atoms with Gasteiger partial charge in [-0.05, 0) is 25.2 Å². The zero-order valence-electron chi connectivity index (χ0n) is 40.2. The molecule has 1 atom stereocenters. The highest BCUT2D eigenvalue weighted by molar-refractivity contribution is 5.71. The molecule has 0 fully saturated rings. The molecule has 0 rings (SSSR count). The van der Waals surface area contributed by atoms with E-state index in [9.17, 15) is 14.4 Å². The van der Waals surface area contributed by atoms with Gasteiger partial charge >= 0.3 is 17.9 Å². The zero-order chi connectivity index (χ0) is 43.1. The molecule has 0 spiro atoms. The lowest BCUT2D eigenvalue weighted by molar-refractivity contribution is -0.167. The van der Waals surface area contributed by atoms with Gasteiger partial charge in [0.05, 0.1) is 0 Å². The summed E-state index contributed by atoms with van der Waals surface area (Å²) >= 11 is 0. The second-order valence-corrected chi connectivity index (χ2v) is 18.6. The lowest BCUT2D eigenvalue weighted by atomic mass is 10.0. The highest BCUT2D eigenvalue weighted by Gasteiger charge is 2.19. The molecule has 6 nitrogen and oxygen atoms in total. The Morgan fingerprint density at radius 2 is 0.559 bits per heavy atom. The predicted molar refractivity (Wildman–Crippen MR) is 252 cm³/mol. The molecule has 0 bridgehead atoms. The fraction of sp³-hybridized carbons (Fsp3) is 0.943. The van der Waals surface area contributed by atoms with Crippen LogP contribution in [0.1, 0.15) is 297 Å². The number of esters is 3. The number of hydrogen-bond acceptors (Lipinski definition) is 6. The minimum atomic E-state index is -0.760. The summed E-state index contributed by atoms with van der Waals surface area (Å²) in [6.45, 7) is 9.00. The molecule has 0 aliphatic heterocycles. The van der Waals surface area contributed by atoms with Gasteiger partial charge in [-0.2, -0.15) is 0 Å². The topological polar surface area (TPSA) is 78.9 Å². The largest absolute Gasteiger partial charge is 0.462 e. The Bertz CT molecular complexity index is 887. The number of carbonyl (C=O) groups is 3.